The second-order valence-corrected chi connectivity index (χ2v) is 5.10. The minimum Gasteiger partial charge on any atom is -0.278 e. The molecule has 0 aromatic carbocycles. The second-order valence-electron chi connectivity index (χ2n) is 3.82. The number of rotatable bonds is 2. The van der Waals surface area contributed by atoms with Gasteiger partial charge in [-0.2, -0.15) is 0 Å². The van der Waals surface area contributed by atoms with Crippen LogP contribution in [0.2, 0.25) is 5.15 Å². The molecule has 1 N–H and O–H groups in total. The normalized spacial score (nSPS) is 11.0. The lowest BCUT2D eigenvalue weighted by molar-refractivity contribution is 0.739. The Bertz CT molecular complexity index is 849. The first-order chi connectivity index (χ1) is 9.15. The first-order valence-corrected chi connectivity index (χ1v) is 6.57. The topological polar surface area (TPSA) is 80.6 Å². The Morgan fingerprint density at radius 1 is 1.32 bits per heavy atom. The van der Waals surface area contributed by atoms with Crippen molar-refractivity contribution in [1.82, 2.24) is 19.5 Å². The first kappa shape index (κ1) is 12.1. The molecule has 0 spiro atoms. The fourth-order valence-corrected chi connectivity index (χ4v) is 2.73. The zero-order chi connectivity index (χ0) is 13.4. The molecule has 0 radical (unpaired) electrons. The average molecular weight is 295 g/mol. The fourth-order valence-electron chi connectivity index (χ4n) is 1.73. The largest absolute Gasteiger partial charge is 0.329 e. The molecule has 0 saturated carbocycles. The van der Waals surface area contributed by atoms with E-state index in [0.29, 0.717) is 21.1 Å². The Labute approximate surface area is 115 Å². The molecule has 0 atom stereocenters. The van der Waals surface area contributed by atoms with Crippen LogP contribution in [0.4, 0.5) is 0 Å². The van der Waals surface area contributed by atoms with Crippen molar-refractivity contribution in [1.29, 1.82) is 0 Å². The van der Waals surface area contributed by atoms with Crippen LogP contribution in [0.15, 0.2) is 33.4 Å². The van der Waals surface area contributed by atoms with Crippen molar-refractivity contribution in [2.45, 2.75) is 6.54 Å². The van der Waals surface area contributed by atoms with Crippen LogP contribution in [-0.4, -0.2) is 19.5 Å². The number of H-pyrrole nitrogens is 1. The fraction of sp³-hybridized carbons (Fsp3) is 0.0909. The minimum atomic E-state index is -0.461. The number of aromatic nitrogens is 4. The quantitative estimate of drug-likeness (QED) is 0.771. The van der Waals surface area contributed by atoms with E-state index in [0.717, 1.165) is 0 Å². The third-order valence-corrected chi connectivity index (χ3v) is 3.73. The molecule has 0 amide bonds. The Balaban J connectivity index is 2.15. The molecule has 0 bridgehead atoms. The van der Waals surface area contributed by atoms with Crippen molar-refractivity contribution in [3.63, 3.8) is 0 Å². The van der Waals surface area contributed by atoms with Gasteiger partial charge in [0.15, 0.2) is 0 Å². The second kappa shape index (κ2) is 4.60. The van der Waals surface area contributed by atoms with Crippen molar-refractivity contribution in [3.05, 3.63) is 55.5 Å². The maximum Gasteiger partial charge on any atom is 0.329 e. The first-order valence-electron chi connectivity index (χ1n) is 5.32. The summed E-state index contributed by atoms with van der Waals surface area (Å²) in [5.41, 5.74) is -0.246. The van der Waals surface area contributed by atoms with E-state index in [9.17, 15) is 9.59 Å². The van der Waals surface area contributed by atoms with E-state index < -0.39 is 5.69 Å². The van der Waals surface area contributed by atoms with Gasteiger partial charge in [-0.25, -0.2) is 9.78 Å². The van der Waals surface area contributed by atoms with Crippen molar-refractivity contribution in [2.75, 3.05) is 0 Å². The zero-order valence-corrected chi connectivity index (χ0v) is 11.0. The van der Waals surface area contributed by atoms with Gasteiger partial charge in [0.05, 0.1) is 30.0 Å². The molecular formula is C11H7ClN4O2S. The summed E-state index contributed by atoms with van der Waals surface area (Å²) in [6.07, 6.45) is 2.92. The Morgan fingerprint density at radius 2 is 2.16 bits per heavy atom. The van der Waals surface area contributed by atoms with Crippen molar-refractivity contribution < 1.29 is 0 Å². The van der Waals surface area contributed by atoms with Gasteiger partial charge in [0.2, 0.25) is 0 Å². The third kappa shape index (κ3) is 2.18. The molecule has 8 heteroatoms. The summed E-state index contributed by atoms with van der Waals surface area (Å²) in [7, 11) is 0. The molecule has 0 aliphatic heterocycles. The van der Waals surface area contributed by atoms with Gasteiger partial charge in [-0.05, 0) is 11.4 Å². The van der Waals surface area contributed by atoms with Crippen LogP contribution in [-0.2, 0) is 6.54 Å². The lowest BCUT2D eigenvalue weighted by atomic mass is 10.4. The van der Waals surface area contributed by atoms with Gasteiger partial charge in [-0.1, -0.05) is 11.6 Å². The van der Waals surface area contributed by atoms with E-state index in [4.69, 9.17) is 11.6 Å². The Hall–Kier alpha value is -1.99. The summed E-state index contributed by atoms with van der Waals surface area (Å²) < 4.78 is 1.46. The molecular weight excluding hydrogens is 288 g/mol. The van der Waals surface area contributed by atoms with E-state index in [1.807, 2.05) is 0 Å². The van der Waals surface area contributed by atoms with Crippen LogP contribution in [0.5, 0.6) is 0 Å². The number of hydrogen-bond acceptors (Lipinski definition) is 5. The van der Waals surface area contributed by atoms with Gasteiger partial charge >= 0.3 is 5.69 Å². The summed E-state index contributed by atoms with van der Waals surface area (Å²) in [6, 6.07) is 1.68. The van der Waals surface area contributed by atoms with E-state index in [-0.39, 0.29) is 12.1 Å². The highest BCUT2D eigenvalue weighted by atomic mass is 35.5. The highest BCUT2D eigenvalue weighted by Crippen LogP contribution is 2.16. The molecule has 3 aromatic rings. The number of fused-ring (bicyclic) bond motifs is 1. The van der Waals surface area contributed by atoms with E-state index in [2.05, 4.69) is 15.0 Å². The average Bonchev–Trinajstić information content (AvgIpc) is 2.86. The molecule has 3 rings (SSSR count). The number of nitrogens with one attached hydrogen (secondary N) is 1. The predicted octanol–water partition coefficient (Wildman–Crippen LogP) is 1.24. The van der Waals surface area contributed by atoms with Crippen LogP contribution >= 0.6 is 22.9 Å². The van der Waals surface area contributed by atoms with Gasteiger partial charge in [0.25, 0.3) is 5.56 Å². The van der Waals surface area contributed by atoms with Crippen molar-refractivity contribution in [3.8, 4) is 0 Å². The highest BCUT2D eigenvalue weighted by molar-refractivity contribution is 7.16. The van der Waals surface area contributed by atoms with Crippen molar-refractivity contribution in [2.24, 2.45) is 0 Å². The zero-order valence-electron chi connectivity index (χ0n) is 9.46. The van der Waals surface area contributed by atoms with Gasteiger partial charge < -0.3 is 0 Å². The van der Waals surface area contributed by atoms with Crippen LogP contribution in [0, 0.1) is 0 Å². The maximum absolute atomic E-state index is 11.9. The summed E-state index contributed by atoms with van der Waals surface area (Å²) in [5, 5.41) is 2.55. The lowest BCUT2D eigenvalue weighted by Gasteiger charge is -2.05. The van der Waals surface area contributed by atoms with Crippen molar-refractivity contribution >= 4 is 33.2 Å². The van der Waals surface area contributed by atoms with Gasteiger partial charge in [0.1, 0.15) is 9.98 Å². The summed E-state index contributed by atoms with van der Waals surface area (Å²) in [5.74, 6) is 0. The Kier molecular flexibility index (Phi) is 2.92. The molecule has 19 heavy (non-hydrogen) atoms. The number of hydrogen-bond donors (Lipinski definition) is 1. The summed E-state index contributed by atoms with van der Waals surface area (Å²) in [4.78, 5) is 34.4. The van der Waals surface area contributed by atoms with Gasteiger partial charge in [0, 0.05) is 0 Å². The number of aromatic amines is 1. The molecule has 0 fully saturated rings. The van der Waals surface area contributed by atoms with Crippen LogP contribution in [0.3, 0.4) is 0 Å². The van der Waals surface area contributed by atoms with E-state index in [1.54, 1.807) is 11.4 Å². The molecule has 0 aliphatic carbocycles. The van der Waals surface area contributed by atoms with Crippen LogP contribution in [0.1, 0.15) is 5.69 Å². The number of thiophene rings is 1. The van der Waals surface area contributed by atoms with Crippen LogP contribution < -0.4 is 11.2 Å². The molecule has 0 saturated heterocycles. The predicted molar refractivity (Wildman–Crippen MR) is 72.8 cm³/mol. The SMILES string of the molecule is O=c1[nH]c(=O)n(Cc2cnc(Cl)cn2)c2sccc12. The molecule has 0 unspecified atom stereocenters. The highest BCUT2D eigenvalue weighted by Gasteiger charge is 2.09. The van der Waals surface area contributed by atoms with E-state index >= 15 is 0 Å². The standard InChI is InChI=1S/C11H7ClN4O2S/c12-8-4-13-6(3-14-8)5-16-10-7(1-2-19-10)9(17)15-11(16)18/h1-4H,5H2,(H,15,17,18). The van der Waals surface area contributed by atoms with Crippen LogP contribution in [0.25, 0.3) is 10.2 Å². The minimum absolute atomic E-state index is 0.233. The molecule has 3 heterocycles. The molecule has 96 valence electrons. The maximum atomic E-state index is 11.9. The lowest BCUT2D eigenvalue weighted by Crippen LogP contribution is -2.30. The van der Waals surface area contributed by atoms with Gasteiger partial charge in [-0.15, -0.1) is 11.3 Å². The Morgan fingerprint density at radius 3 is 2.89 bits per heavy atom. The monoisotopic (exact) mass is 294 g/mol. The number of halogens is 1. The molecule has 3 aromatic heterocycles. The van der Waals surface area contributed by atoms with Gasteiger partial charge in [-0.3, -0.25) is 19.3 Å². The molecule has 6 nitrogen and oxygen atoms in total. The summed E-state index contributed by atoms with van der Waals surface area (Å²) >= 11 is 6.99. The number of nitrogens with zero attached hydrogens (tertiary/aromatic N) is 3. The molecule has 0 aliphatic rings. The smallest absolute Gasteiger partial charge is 0.278 e. The summed E-state index contributed by atoms with van der Waals surface area (Å²) in [6.45, 7) is 0.233. The third-order valence-electron chi connectivity index (χ3n) is 2.59. The van der Waals surface area contributed by atoms with E-state index in [1.165, 1.54) is 28.3 Å².